The van der Waals surface area contributed by atoms with E-state index in [0.29, 0.717) is 30.5 Å². The van der Waals surface area contributed by atoms with Crippen LogP contribution in [0.4, 0.5) is 0 Å². The van der Waals surface area contributed by atoms with Gasteiger partial charge in [0.1, 0.15) is 12.4 Å². The summed E-state index contributed by atoms with van der Waals surface area (Å²) < 4.78 is 5.63. The minimum atomic E-state index is -0.348. The van der Waals surface area contributed by atoms with Gasteiger partial charge in [-0.15, -0.1) is 12.4 Å². The Morgan fingerprint density at radius 3 is 2.59 bits per heavy atom. The fourth-order valence-corrected chi connectivity index (χ4v) is 3.11. The molecule has 1 amide bonds. The molecule has 0 aliphatic heterocycles. The molecule has 0 saturated heterocycles. The van der Waals surface area contributed by atoms with Gasteiger partial charge < -0.3 is 15.4 Å². The van der Waals surface area contributed by atoms with Crippen LogP contribution in [0, 0.1) is 5.41 Å². The van der Waals surface area contributed by atoms with E-state index in [1.807, 2.05) is 25.2 Å². The highest BCUT2D eigenvalue weighted by Crippen LogP contribution is 2.38. The molecule has 4 nitrogen and oxygen atoms in total. The quantitative estimate of drug-likeness (QED) is 0.860. The molecule has 0 radical (unpaired) electrons. The van der Waals surface area contributed by atoms with Crippen LogP contribution in [0.5, 0.6) is 5.75 Å². The molecule has 0 bridgehead atoms. The van der Waals surface area contributed by atoms with Gasteiger partial charge in [-0.1, -0.05) is 36.6 Å². The zero-order valence-corrected chi connectivity index (χ0v) is 14.5. The average Bonchev–Trinajstić information content (AvgIpc) is 2.98. The summed E-state index contributed by atoms with van der Waals surface area (Å²) in [5.41, 5.74) is 5.50. The van der Waals surface area contributed by atoms with Crippen molar-refractivity contribution in [3.8, 4) is 5.75 Å². The van der Waals surface area contributed by atoms with Crippen LogP contribution in [0.2, 0.25) is 5.02 Å². The highest BCUT2D eigenvalue weighted by molar-refractivity contribution is 6.32. The summed E-state index contributed by atoms with van der Waals surface area (Å²) in [4.78, 5) is 14.3. The Morgan fingerprint density at radius 1 is 1.36 bits per heavy atom. The number of hydrogen-bond acceptors (Lipinski definition) is 3. The number of para-hydroxylation sites is 1. The van der Waals surface area contributed by atoms with Gasteiger partial charge in [0.2, 0.25) is 5.91 Å². The van der Waals surface area contributed by atoms with E-state index < -0.39 is 0 Å². The van der Waals surface area contributed by atoms with Gasteiger partial charge in [0.05, 0.1) is 17.0 Å². The topological polar surface area (TPSA) is 55.6 Å². The molecule has 124 valence electrons. The van der Waals surface area contributed by atoms with Gasteiger partial charge in [-0.25, -0.2) is 0 Å². The lowest BCUT2D eigenvalue weighted by atomic mass is 9.85. The number of nitrogens with zero attached hydrogens (tertiary/aromatic N) is 1. The summed E-state index contributed by atoms with van der Waals surface area (Å²) >= 11 is 6.03. The van der Waals surface area contributed by atoms with E-state index in [1.165, 1.54) is 0 Å². The number of likely N-dealkylation sites (N-methyl/N-ethyl adjacent to an activating group) is 1. The van der Waals surface area contributed by atoms with Crippen molar-refractivity contribution >= 4 is 29.9 Å². The lowest BCUT2D eigenvalue weighted by molar-refractivity contribution is -0.140. The molecule has 1 aromatic rings. The first-order chi connectivity index (χ1) is 10.1. The van der Waals surface area contributed by atoms with Gasteiger partial charge in [0.25, 0.3) is 0 Å². The van der Waals surface area contributed by atoms with Crippen LogP contribution in [0.1, 0.15) is 25.7 Å². The fraction of sp³-hybridized carbons (Fsp3) is 0.562. The van der Waals surface area contributed by atoms with Crippen LogP contribution < -0.4 is 10.5 Å². The third kappa shape index (κ3) is 4.28. The predicted octanol–water partition coefficient (Wildman–Crippen LogP) is 3.12. The molecular weight excluding hydrogens is 323 g/mol. The minimum Gasteiger partial charge on any atom is -0.490 e. The highest BCUT2D eigenvalue weighted by atomic mass is 35.5. The minimum absolute atomic E-state index is 0. The lowest BCUT2D eigenvalue weighted by Gasteiger charge is -2.31. The Morgan fingerprint density at radius 2 is 2.00 bits per heavy atom. The van der Waals surface area contributed by atoms with Crippen LogP contribution in [-0.2, 0) is 4.79 Å². The Labute approximate surface area is 143 Å². The Balaban J connectivity index is 0.00000242. The SMILES string of the molecule is CN(CCOc1ccccc1Cl)C(=O)C1(CN)CCCC1.Cl. The van der Waals surface area contributed by atoms with Crippen LogP contribution >= 0.6 is 24.0 Å². The second-order valence-electron chi connectivity index (χ2n) is 5.70. The van der Waals surface area contributed by atoms with Gasteiger partial charge in [0.15, 0.2) is 0 Å². The number of benzene rings is 1. The van der Waals surface area contributed by atoms with Crippen molar-refractivity contribution in [2.45, 2.75) is 25.7 Å². The van der Waals surface area contributed by atoms with Crippen LogP contribution in [0.25, 0.3) is 0 Å². The summed E-state index contributed by atoms with van der Waals surface area (Å²) in [5, 5.41) is 0.584. The predicted molar refractivity (Wildman–Crippen MR) is 91.8 cm³/mol. The van der Waals surface area contributed by atoms with Gasteiger partial charge >= 0.3 is 0 Å². The zero-order chi connectivity index (χ0) is 15.3. The van der Waals surface area contributed by atoms with Crippen molar-refractivity contribution in [3.63, 3.8) is 0 Å². The monoisotopic (exact) mass is 346 g/mol. The van der Waals surface area contributed by atoms with Crippen molar-refractivity contribution in [1.82, 2.24) is 4.90 Å². The van der Waals surface area contributed by atoms with Gasteiger partial charge in [-0.05, 0) is 25.0 Å². The van der Waals surface area contributed by atoms with E-state index in [-0.39, 0.29) is 23.7 Å². The molecule has 0 spiro atoms. The molecule has 0 aromatic heterocycles. The van der Waals surface area contributed by atoms with E-state index in [2.05, 4.69) is 0 Å². The molecule has 1 fully saturated rings. The molecule has 2 rings (SSSR count). The van der Waals surface area contributed by atoms with E-state index in [9.17, 15) is 4.79 Å². The Hall–Kier alpha value is -0.970. The normalized spacial score (nSPS) is 16.0. The van der Waals surface area contributed by atoms with Gasteiger partial charge in [-0.2, -0.15) is 0 Å². The molecule has 22 heavy (non-hydrogen) atoms. The molecule has 0 heterocycles. The number of rotatable bonds is 6. The summed E-state index contributed by atoms with van der Waals surface area (Å²) in [6.07, 6.45) is 3.98. The van der Waals surface area contributed by atoms with Crippen molar-refractivity contribution < 1.29 is 9.53 Å². The van der Waals surface area contributed by atoms with Crippen molar-refractivity contribution in [2.75, 3.05) is 26.7 Å². The first-order valence-corrected chi connectivity index (χ1v) is 7.80. The second-order valence-corrected chi connectivity index (χ2v) is 6.10. The molecule has 1 aliphatic carbocycles. The number of halogens is 2. The number of amides is 1. The number of carbonyl (C=O) groups excluding carboxylic acids is 1. The molecule has 0 unspecified atom stereocenters. The fourth-order valence-electron chi connectivity index (χ4n) is 2.92. The molecule has 0 atom stereocenters. The van der Waals surface area contributed by atoms with E-state index in [4.69, 9.17) is 22.1 Å². The Bertz CT molecular complexity index is 491. The molecule has 1 aromatic carbocycles. The first-order valence-electron chi connectivity index (χ1n) is 7.42. The van der Waals surface area contributed by atoms with E-state index in [0.717, 1.165) is 25.7 Å². The first kappa shape index (κ1) is 19.1. The summed E-state index contributed by atoms with van der Waals surface area (Å²) in [5.74, 6) is 0.791. The molecule has 1 aliphatic rings. The summed E-state index contributed by atoms with van der Waals surface area (Å²) in [7, 11) is 1.81. The van der Waals surface area contributed by atoms with Crippen molar-refractivity contribution in [2.24, 2.45) is 11.1 Å². The third-order valence-electron chi connectivity index (χ3n) is 4.27. The van der Waals surface area contributed by atoms with Crippen molar-refractivity contribution in [3.05, 3.63) is 29.3 Å². The van der Waals surface area contributed by atoms with Crippen LogP contribution in [0.3, 0.4) is 0 Å². The van der Waals surface area contributed by atoms with Gasteiger partial charge in [-0.3, -0.25) is 4.79 Å². The van der Waals surface area contributed by atoms with Crippen LogP contribution in [0.15, 0.2) is 24.3 Å². The molecule has 6 heteroatoms. The Kier molecular flexibility index (Phi) is 7.46. The standard InChI is InChI=1S/C16H23ClN2O2.ClH/c1-19(15(20)16(12-18)8-4-5-9-16)10-11-21-14-7-3-2-6-13(14)17;/h2-3,6-7H,4-5,8-12,18H2,1H3;1H. The number of nitrogens with two attached hydrogens (primary N) is 1. The zero-order valence-electron chi connectivity index (χ0n) is 12.9. The van der Waals surface area contributed by atoms with E-state index in [1.54, 1.807) is 11.0 Å². The van der Waals surface area contributed by atoms with Crippen molar-refractivity contribution in [1.29, 1.82) is 0 Å². The maximum absolute atomic E-state index is 12.6. The maximum atomic E-state index is 12.6. The number of hydrogen-bond donors (Lipinski definition) is 1. The lowest BCUT2D eigenvalue weighted by Crippen LogP contribution is -2.46. The largest absolute Gasteiger partial charge is 0.490 e. The maximum Gasteiger partial charge on any atom is 0.229 e. The number of carbonyl (C=O) groups is 1. The second kappa shape index (κ2) is 8.61. The van der Waals surface area contributed by atoms with Crippen LogP contribution in [-0.4, -0.2) is 37.6 Å². The third-order valence-corrected chi connectivity index (χ3v) is 4.58. The summed E-state index contributed by atoms with van der Waals surface area (Å²) in [6.45, 7) is 1.39. The molecule has 1 saturated carbocycles. The molecule has 2 N–H and O–H groups in total. The average molecular weight is 347 g/mol. The van der Waals surface area contributed by atoms with E-state index >= 15 is 0 Å². The van der Waals surface area contributed by atoms with Gasteiger partial charge in [0, 0.05) is 13.6 Å². The smallest absolute Gasteiger partial charge is 0.229 e. The molecular formula is C16H24Cl2N2O2. The number of ether oxygens (including phenoxy) is 1. The summed E-state index contributed by atoms with van der Waals surface area (Å²) in [6, 6.07) is 7.34. The highest BCUT2D eigenvalue weighted by Gasteiger charge is 2.41.